The normalized spacial score (nSPS) is 17.5. The highest BCUT2D eigenvalue weighted by molar-refractivity contribution is 6.51. The lowest BCUT2D eigenvalue weighted by Gasteiger charge is -2.25. The summed E-state index contributed by atoms with van der Waals surface area (Å²) in [6.07, 6.45) is 0. The summed E-state index contributed by atoms with van der Waals surface area (Å²) in [5, 5.41) is 11.5. The molecule has 0 aromatic heterocycles. The Bertz CT molecular complexity index is 1280. The van der Waals surface area contributed by atoms with Gasteiger partial charge in [0, 0.05) is 11.3 Å². The van der Waals surface area contributed by atoms with Crippen molar-refractivity contribution in [2.24, 2.45) is 0 Å². The lowest BCUT2D eigenvalue weighted by molar-refractivity contribution is -0.132. The van der Waals surface area contributed by atoms with Crippen LogP contribution >= 0.6 is 23.2 Å². The first kappa shape index (κ1) is 22.8. The fourth-order valence-electron chi connectivity index (χ4n) is 3.90. The molecule has 1 aliphatic rings. The van der Waals surface area contributed by atoms with Crippen LogP contribution in [0.4, 0.5) is 10.1 Å². The van der Waals surface area contributed by atoms with Crippen LogP contribution in [-0.4, -0.2) is 23.9 Å². The van der Waals surface area contributed by atoms with Gasteiger partial charge in [0.05, 0.1) is 28.8 Å². The van der Waals surface area contributed by atoms with Crippen LogP contribution in [-0.2, 0) is 9.59 Å². The van der Waals surface area contributed by atoms with Crippen LogP contribution in [0.25, 0.3) is 5.76 Å². The van der Waals surface area contributed by atoms with Crippen molar-refractivity contribution in [3.05, 3.63) is 98.8 Å². The van der Waals surface area contributed by atoms with E-state index in [9.17, 15) is 19.1 Å². The van der Waals surface area contributed by atoms with Crippen LogP contribution in [0.3, 0.4) is 0 Å². The van der Waals surface area contributed by atoms with E-state index in [0.717, 1.165) is 5.56 Å². The third-order valence-corrected chi connectivity index (χ3v) is 5.94. The third-order valence-electron chi connectivity index (χ3n) is 5.38. The second-order valence-corrected chi connectivity index (χ2v) is 8.35. The number of amides is 1. The number of aliphatic hydroxyl groups excluding tert-OH is 1. The summed E-state index contributed by atoms with van der Waals surface area (Å²) in [6.45, 7) is 1.87. The van der Waals surface area contributed by atoms with Gasteiger partial charge in [0.25, 0.3) is 11.7 Å². The fraction of sp³-hybridized carbons (Fsp3) is 0.120. The first-order chi connectivity index (χ1) is 15.7. The van der Waals surface area contributed by atoms with Crippen LogP contribution in [0.2, 0.25) is 10.0 Å². The number of ether oxygens (including phenoxy) is 1. The SMILES string of the molecule is COc1c(Cl)cc(/C(O)=C2\C(=O)C(=O)N(c3ccc(F)cc3)C2c2cccc(C)c2)cc1Cl. The summed E-state index contributed by atoms with van der Waals surface area (Å²) < 4.78 is 18.7. The van der Waals surface area contributed by atoms with E-state index in [0.29, 0.717) is 11.3 Å². The van der Waals surface area contributed by atoms with E-state index in [2.05, 4.69) is 0 Å². The van der Waals surface area contributed by atoms with Crippen molar-refractivity contribution in [3.8, 4) is 5.75 Å². The van der Waals surface area contributed by atoms with E-state index < -0.39 is 29.3 Å². The molecule has 1 heterocycles. The second-order valence-electron chi connectivity index (χ2n) is 7.53. The lowest BCUT2D eigenvalue weighted by Crippen LogP contribution is -2.29. The van der Waals surface area contributed by atoms with E-state index in [1.165, 1.54) is 48.4 Å². The standard InChI is InChI=1S/C25H18Cl2FNO4/c1-13-4-3-5-14(10-13)21-20(22(30)15-11-18(26)24(33-2)19(27)12-15)23(31)25(32)29(21)17-8-6-16(28)7-9-17/h3-12,21,30H,1-2H3/b22-20+. The third kappa shape index (κ3) is 4.08. The van der Waals surface area contributed by atoms with Crippen molar-refractivity contribution < 1.29 is 23.8 Å². The Labute approximate surface area is 199 Å². The Balaban J connectivity index is 1.96. The quantitative estimate of drug-likeness (QED) is 0.276. The van der Waals surface area contributed by atoms with Crippen molar-refractivity contribution in [2.75, 3.05) is 12.0 Å². The maximum atomic E-state index is 13.5. The Morgan fingerprint density at radius 1 is 1.03 bits per heavy atom. The highest BCUT2D eigenvalue weighted by atomic mass is 35.5. The van der Waals surface area contributed by atoms with Crippen molar-refractivity contribution in [3.63, 3.8) is 0 Å². The van der Waals surface area contributed by atoms with Gasteiger partial charge >= 0.3 is 0 Å². The minimum atomic E-state index is -0.949. The van der Waals surface area contributed by atoms with Gasteiger partial charge in [-0.1, -0.05) is 53.0 Å². The van der Waals surface area contributed by atoms with E-state index in [1.54, 1.807) is 12.1 Å². The fourth-order valence-corrected chi connectivity index (χ4v) is 4.54. The first-order valence-corrected chi connectivity index (χ1v) is 10.6. The maximum absolute atomic E-state index is 13.5. The molecule has 3 aromatic carbocycles. The predicted molar refractivity (Wildman–Crippen MR) is 125 cm³/mol. The number of hydrogen-bond donors (Lipinski definition) is 1. The Morgan fingerprint density at radius 3 is 2.24 bits per heavy atom. The topological polar surface area (TPSA) is 66.8 Å². The molecule has 1 saturated heterocycles. The molecule has 8 heteroatoms. The van der Waals surface area contributed by atoms with E-state index in [1.807, 2.05) is 19.1 Å². The minimum Gasteiger partial charge on any atom is -0.507 e. The molecule has 1 atom stereocenters. The highest BCUT2D eigenvalue weighted by Crippen LogP contribution is 2.43. The predicted octanol–water partition coefficient (Wildman–Crippen LogP) is 6.08. The number of halogens is 3. The number of hydrogen-bond acceptors (Lipinski definition) is 4. The molecule has 1 fully saturated rings. The number of Topliss-reactive ketones (excluding diaryl/α,β-unsaturated/α-hetero) is 1. The summed E-state index contributed by atoms with van der Waals surface area (Å²) in [5.74, 6) is -2.43. The van der Waals surface area contributed by atoms with Gasteiger partial charge in [-0.15, -0.1) is 0 Å². The Morgan fingerprint density at radius 2 is 1.67 bits per heavy atom. The number of aryl methyl sites for hydroxylation is 1. The molecular weight excluding hydrogens is 468 g/mol. The smallest absolute Gasteiger partial charge is 0.300 e. The molecule has 0 saturated carbocycles. The number of methoxy groups -OCH3 is 1. The molecule has 33 heavy (non-hydrogen) atoms. The highest BCUT2D eigenvalue weighted by Gasteiger charge is 2.47. The molecule has 1 aliphatic heterocycles. The number of benzene rings is 3. The molecule has 5 nitrogen and oxygen atoms in total. The number of nitrogens with zero attached hydrogens (tertiary/aromatic N) is 1. The zero-order valence-electron chi connectivity index (χ0n) is 17.6. The lowest BCUT2D eigenvalue weighted by atomic mass is 9.94. The molecule has 0 spiro atoms. The van der Waals surface area contributed by atoms with Gasteiger partial charge in [-0.25, -0.2) is 4.39 Å². The summed E-state index contributed by atoms with van der Waals surface area (Å²) in [4.78, 5) is 27.5. The molecule has 4 rings (SSSR count). The van der Waals surface area contributed by atoms with Gasteiger partial charge in [0.1, 0.15) is 11.6 Å². The molecule has 1 unspecified atom stereocenters. The van der Waals surface area contributed by atoms with Crippen molar-refractivity contribution >= 4 is 46.3 Å². The van der Waals surface area contributed by atoms with Crippen molar-refractivity contribution in [1.82, 2.24) is 0 Å². The van der Waals surface area contributed by atoms with E-state index in [-0.39, 0.29) is 26.9 Å². The molecule has 0 bridgehead atoms. The van der Waals surface area contributed by atoms with Gasteiger partial charge in [-0.05, 0) is 48.9 Å². The van der Waals surface area contributed by atoms with Gasteiger partial charge < -0.3 is 9.84 Å². The first-order valence-electron chi connectivity index (χ1n) is 9.89. The number of anilines is 1. The summed E-state index contributed by atoms with van der Waals surface area (Å²) in [6, 6.07) is 14.3. The summed E-state index contributed by atoms with van der Waals surface area (Å²) >= 11 is 12.4. The number of aliphatic hydroxyl groups is 1. The van der Waals surface area contributed by atoms with Crippen LogP contribution in [0.5, 0.6) is 5.75 Å². The molecule has 168 valence electrons. The van der Waals surface area contributed by atoms with Gasteiger partial charge in [-0.2, -0.15) is 0 Å². The van der Waals surface area contributed by atoms with Gasteiger partial charge in [0.15, 0.2) is 5.75 Å². The molecule has 0 aliphatic carbocycles. The zero-order valence-corrected chi connectivity index (χ0v) is 19.1. The monoisotopic (exact) mass is 485 g/mol. The molecule has 1 amide bonds. The van der Waals surface area contributed by atoms with Crippen molar-refractivity contribution in [1.29, 1.82) is 0 Å². The zero-order chi connectivity index (χ0) is 23.9. The van der Waals surface area contributed by atoms with E-state index >= 15 is 0 Å². The average molecular weight is 486 g/mol. The molecule has 1 N–H and O–H groups in total. The minimum absolute atomic E-state index is 0.131. The maximum Gasteiger partial charge on any atom is 0.300 e. The number of ketones is 1. The molecular formula is C25H18Cl2FNO4. The summed E-state index contributed by atoms with van der Waals surface area (Å²) in [7, 11) is 1.40. The molecule has 0 radical (unpaired) electrons. The van der Waals surface area contributed by atoms with Gasteiger partial charge in [-0.3, -0.25) is 14.5 Å². The van der Waals surface area contributed by atoms with E-state index in [4.69, 9.17) is 27.9 Å². The number of carbonyl (C=O) groups excluding carboxylic acids is 2. The Kier molecular flexibility index (Phi) is 6.15. The van der Waals surface area contributed by atoms with Crippen LogP contribution in [0, 0.1) is 12.7 Å². The second kappa shape index (κ2) is 8.89. The Hall–Kier alpha value is -3.35. The largest absolute Gasteiger partial charge is 0.507 e. The van der Waals surface area contributed by atoms with Crippen LogP contribution < -0.4 is 9.64 Å². The molecule has 3 aromatic rings. The number of carbonyl (C=O) groups is 2. The number of rotatable bonds is 4. The van der Waals surface area contributed by atoms with Crippen molar-refractivity contribution in [2.45, 2.75) is 13.0 Å². The van der Waals surface area contributed by atoms with Gasteiger partial charge in [0.2, 0.25) is 0 Å². The summed E-state index contributed by atoms with van der Waals surface area (Å²) in [5.41, 5.74) is 1.83. The van der Waals surface area contributed by atoms with Crippen LogP contribution in [0.1, 0.15) is 22.7 Å². The van der Waals surface area contributed by atoms with Crippen LogP contribution in [0.15, 0.2) is 66.2 Å². The average Bonchev–Trinajstić information content (AvgIpc) is 3.04.